The Labute approximate surface area is 113 Å². The van der Waals surface area contributed by atoms with Gasteiger partial charge in [0.05, 0.1) is 11.3 Å². The summed E-state index contributed by atoms with van der Waals surface area (Å²) in [5, 5.41) is 8.91. The molecule has 0 fully saturated rings. The van der Waals surface area contributed by atoms with Gasteiger partial charge in [-0.3, -0.25) is 9.89 Å². The van der Waals surface area contributed by atoms with Gasteiger partial charge in [-0.2, -0.15) is 5.10 Å². The van der Waals surface area contributed by atoms with Crippen molar-refractivity contribution < 1.29 is 13.6 Å². The minimum atomic E-state index is -0.940. The van der Waals surface area contributed by atoms with Crippen LogP contribution in [0.15, 0.2) is 18.5 Å². The van der Waals surface area contributed by atoms with Crippen LogP contribution in [0.25, 0.3) is 0 Å². The molecule has 0 aliphatic heterocycles. The highest BCUT2D eigenvalue weighted by Crippen LogP contribution is 2.16. The fraction of sp³-hybridized carbons (Fsp3) is 0.250. The van der Waals surface area contributed by atoms with Gasteiger partial charge in [0.25, 0.3) is 5.91 Å². The van der Waals surface area contributed by atoms with Crippen LogP contribution in [0, 0.1) is 11.6 Å². The summed E-state index contributed by atoms with van der Waals surface area (Å²) in [6.45, 7) is 0.330. The van der Waals surface area contributed by atoms with Crippen LogP contribution in [0.2, 0.25) is 0 Å². The predicted molar refractivity (Wildman–Crippen MR) is 67.8 cm³/mol. The molecular formula is C12H13F2N5O. The number of nitrogens with two attached hydrogens (primary N) is 1. The van der Waals surface area contributed by atoms with Gasteiger partial charge in [-0.15, -0.1) is 0 Å². The average Bonchev–Trinajstić information content (AvgIpc) is 2.92. The normalized spacial score (nSPS) is 10.5. The molecule has 0 spiro atoms. The lowest BCUT2D eigenvalue weighted by atomic mass is 10.1. The van der Waals surface area contributed by atoms with Gasteiger partial charge in [-0.1, -0.05) is 0 Å². The third-order valence-corrected chi connectivity index (χ3v) is 2.67. The summed E-state index contributed by atoms with van der Waals surface area (Å²) in [6.07, 6.45) is 2.61. The number of aromatic amines is 1. The van der Waals surface area contributed by atoms with Crippen molar-refractivity contribution in [1.82, 2.24) is 20.5 Å². The Morgan fingerprint density at radius 1 is 1.35 bits per heavy atom. The number of benzene rings is 1. The first kappa shape index (κ1) is 13.9. The number of nitrogens with one attached hydrogen (secondary N) is 2. The van der Waals surface area contributed by atoms with Crippen molar-refractivity contribution in [3.63, 3.8) is 0 Å². The number of amides is 1. The largest absolute Gasteiger partial charge is 0.396 e. The van der Waals surface area contributed by atoms with Crippen molar-refractivity contribution in [3.05, 3.63) is 41.5 Å². The molecule has 6 nitrogen and oxygen atoms in total. The van der Waals surface area contributed by atoms with E-state index in [9.17, 15) is 13.6 Å². The molecule has 4 N–H and O–H groups in total. The number of carbonyl (C=O) groups excluding carboxylic acids is 1. The van der Waals surface area contributed by atoms with Crippen molar-refractivity contribution in [3.8, 4) is 0 Å². The highest BCUT2D eigenvalue weighted by molar-refractivity contribution is 5.95. The number of nitrogen functional groups attached to an aromatic ring is 1. The van der Waals surface area contributed by atoms with Gasteiger partial charge in [-0.25, -0.2) is 13.8 Å². The first-order chi connectivity index (χ1) is 9.58. The fourth-order valence-corrected chi connectivity index (χ4v) is 1.64. The Bertz CT molecular complexity index is 600. The van der Waals surface area contributed by atoms with E-state index in [0.717, 1.165) is 6.07 Å². The predicted octanol–water partition coefficient (Wildman–Crippen LogP) is 1.03. The lowest BCUT2D eigenvalue weighted by molar-refractivity contribution is 0.0949. The third-order valence-electron chi connectivity index (χ3n) is 2.67. The summed E-state index contributed by atoms with van der Waals surface area (Å²) >= 11 is 0. The zero-order valence-electron chi connectivity index (χ0n) is 10.5. The van der Waals surface area contributed by atoms with Crippen LogP contribution in [0.3, 0.4) is 0 Å². The molecule has 1 aromatic heterocycles. The summed E-state index contributed by atoms with van der Waals surface area (Å²) in [6, 6.07) is 1.58. The van der Waals surface area contributed by atoms with Gasteiger partial charge in [-0.05, 0) is 12.5 Å². The van der Waals surface area contributed by atoms with Gasteiger partial charge >= 0.3 is 0 Å². The minimum absolute atomic E-state index is 0.266. The number of rotatable bonds is 5. The lowest BCUT2D eigenvalue weighted by Gasteiger charge is -2.07. The monoisotopic (exact) mass is 281 g/mol. The van der Waals surface area contributed by atoms with Crippen LogP contribution >= 0.6 is 0 Å². The van der Waals surface area contributed by atoms with Crippen LogP contribution in [0.1, 0.15) is 22.6 Å². The molecule has 0 bridgehead atoms. The van der Waals surface area contributed by atoms with E-state index in [4.69, 9.17) is 5.73 Å². The number of H-pyrrole nitrogens is 1. The molecule has 20 heavy (non-hydrogen) atoms. The minimum Gasteiger partial charge on any atom is -0.396 e. The van der Waals surface area contributed by atoms with E-state index in [2.05, 4.69) is 20.5 Å². The number of nitrogens with zero attached hydrogens (tertiary/aromatic N) is 2. The van der Waals surface area contributed by atoms with E-state index in [-0.39, 0.29) is 11.3 Å². The van der Waals surface area contributed by atoms with Gasteiger partial charge in [0.1, 0.15) is 23.8 Å². The lowest BCUT2D eigenvalue weighted by Crippen LogP contribution is -2.26. The van der Waals surface area contributed by atoms with Crippen LogP contribution in [0.5, 0.6) is 0 Å². The molecule has 0 atom stereocenters. The molecular weight excluding hydrogens is 268 g/mol. The third kappa shape index (κ3) is 3.28. The average molecular weight is 281 g/mol. The quantitative estimate of drug-likeness (QED) is 0.563. The Balaban J connectivity index is 1.87. The highest BCUT2D eigenvalue weighted by Gasteiger charge is 2.14. The number of aromatic nitrogens is 3. The van der Waals surface area contributed by atoms with E-state index >= 15 is 0 Å². The molecule has 1 aromatic carbocycles. The Kier molecular flexibility index (Phi) is 4.24. The molecule has 8 heteroatoms. The molecule has 0 saturated heterocycles. The summed E-state index contributed by atoms with van der Waals surface area (Å²) in [4.78, 5) is 15.7. The fourth-order valence-electron chi connectivity index (χ4n) is 1.64. The van der Waals surface area contributed by atoms with Gasteiger partial charge < -0.3 is 11.1 Å². The maximum absolute atomic E-state index is 13.4. The second-order valence-corrected chi connectivity index (χ2v) is 4.15. The first-order valence-electron chi connectivity index (χ1n) is 5.95. The van der Waals surface area contributed by atoms with E-state index in [0.29, 0.717) is 31.3 Å². The Morgan fingerprint density at radius 2 is 2.15 bits per heavy atom. The molecule has 1 amide bonds. The molecule has 106 valence electrons. The van der Waals surface area contributed by atoms with Crippen molar-refractivity contribution in [2.45, 2.75) is 12.8 Å². The molecule has 0 aliphatic carbocycles. The second kappa shape index (κ2) is 6.09. The number of carbonyl (C=O) groups is 1. The number of hydrogen-bond acceptors (Lipinski definition) is 4. The van der Waals surface area contributed by atoms with Crippen LogP contribution in [-0.2, 0) is 6.42 Å². The van der Waals surface area contributed by atoms with Gasteiger partial charge in [0.2, 0.25) is 0 Å². The Hall–Kier alpha value is -2.51. The zero-order chi connectivity index (χ0) is 14.5. The van der Waals surface area contributed by atoms with Crippen molar-refractivity contribution in [2.24, 2.45) is 0 Å². The van der Waals surface area contributed by atoms with E-state index in [1.165, 1.54) is 6.33 Å². The molecule has 0 radical (unpaired) electrons. The van der Waals surface area contributed by atoms with E-state index in [1.807, 2.05) is 0 Å². The van der Waals surface area contributed by atoms with E-state index < -0.39 is 17.5 Å². The smallest absolute Gasteiger partial charge is 0.254 e. The van der Waals surface area contributed by atoms with Crippen LogP contribution < -0.4 is 11.1 Å². The molecule has 1 heterocycles. The topological polar surface area (TPSA) is 96.7 Å². The Morgan fingerprint density at radius 3 is 2.85 bits per heavy atom. The SMILES string of the molecule is Nc1cc(C(=O)NCCCc2ncn[nH]2)c(F)cc1F. The summed E-state index contributed by atoms with van der Waals surface area (Å²) in [7, 11) is 0. The standard InChI is InChI=1S/C12H13F2N5O/c13-8-5-9(14)10(15)4-7(8)12(20)16-3-1-2-11-17-6-18-19-11/h4-6H,1-3,15H2,(H,16,20)(H,17,18,19). The molecule has 0 aliphatic rings. The van der Waals surface area contributed by atoms with Crippen LogP contribution in [0.4, 0.5) is 14.5 Å². The maximum Gasteiger partial charge on any atom is 0.254 e. The second-order valence-electron chi connectivity index (χ2n) is 4.15. The van der Waals surface area contributed by atoms with Crippen molar-refractivity contribution in [1.29, 1.82) is 0 Å². The molecule has 0 unspecified atom stereocenters. The van der Waals surface area contributed by atoms with Crippen molar-refractivity contribution >= 4 is 11.6 Å². The van der Waals surface area contributed by atoms with Gasteiger partial charge in [0.15, 0.2) is 0 Å². The summed E-state index contributed by atoms with van der Waals surface area (Å²) in [5.74, 6) is -1.75. The first-order valence-corrected chi connectivity index (χ1v) is 5.95. The van der Waals surface area contributed by atoms with Crippen LogP contribution in [-0.4, -0.2) is 27.6 Å². The molecule has 2 aromatic rings. The number of anilines is 1. The van der Waals surface area contributed by atoms with Gasteiger partial charge in [0, 0.05) is 19.0 Å². The number of hydrogen-bond donors (Lipinski definition) is 3. The molecule has 0 saturated carbocycles. The summed E-state index contributed by atoms with van der Waals surface area (Å²) in [5.41, 5.74) is 4.77. The number of halogens is 2. The maximum atomic E-state index is 13.4. The summed E-state index contributed by atoms with van der Waals surface area (Å²) < 4.78 is 26.4. The van der Waals surface area contributed by atoms with E-state index in [1.54, 1.807) is 0 Å². The number of aryl methyl sites for hydroxylation is 1. The zero-order valence-corrected chi connectivity index (χ0v) is 10.5. The van der Waals surface area contributed by atoms with Crippen molar-refractivity contribution in [2.75, 3.05) is 12.3 Å². The highest BCUT2D eigenvalue weighted by atomic mass is 19.1. The molecule has 2 rings (SSSR count).